The molecule has 6 bridgehead atoms. The fourth-order valence-electron chi connectivity index (χ4n) is 5.20. The van der Waals surface area contributed by atoms with Crippen molar-refractivity contribution < 1.29 is 23.8 Å². The van der Waals surface area contributed by atoms with Gasteiger partial charge < -0.3 is 29.7 Å². The first kappa shape index (κ1) is 28.4. The van der Waals surface area contributed by atoms with Crippen LogP contribution in [0.5, 0.6) is 17.2 Å². The second-order valence-electron chi connectivity index (χ2n) is 10.9. The van der Waals surface area contributed by atoms with Crippen LogP contribution in [0.1, 0.15) is 21.5 Å². The molecular weight excluding hydrogens is 520 g/mol. The second kappa shape index (κ2) is 12.6. The van der Waals surface area contributed by atoms with Gasteiger partial charge in [0, 0.05) is 38.3 Å². The molecule has 216 valence electrons. The van der Waals surface area contributed by atoms with Gasteiger partial charge in [-0.1, -0.05) is 24.3 Å². The molecule has 3 aliphatic rings. The number of hydrogen-bond acceptors (Lipinski definition) is 7. The van der Waals surface area contributed by atoms with Crippen molar-refractivity contribution in [3.8, 4) is 28.4 Å². The normalized spacial score (nSPS) is 19.5. The Balaban J connectivity index is 1.49. The van der Waals surface area contributed by atoms with Gasteiger partial charge in [-0.05, 0) is 79.7 Å². The molecule has 0 radical (unpaired) electrons. The lowest BCUT2D eigenvalue weighted by molar-refractivity contribution is -0.123. The molecule has 3 aromatic carbocycles. The monoisotopic (exact) mass is 558 g/mol. The van der Waals surface area contributed by atoms with Crippen LogP contribution in [0.4, 0.5) is 0 Å². The predicted molar refractivity (Wildman–Crippen MR) is 158 cm³/mol. The van der Waals surface area contributed by atoms with Crippen molar-refractivity contribution >= 4 is 11.8 Å². The van der Waals surface area contributed by atoms with Crippen LogP contribution in [0.15, 0.2) is 60.7 Å². The zero-order chi connectivity index (χ0) is 28.9. The molecule has 0 unspecified atom stereocenters. The molecule has 2 N–H and O–H groups in total. The zero-order valence-electron chi connectivity index (χ0n) is 24.1. The first-order valence-electron chi connectivity index (χ1n) is 13.9. The number of hydrogen-bond donors (Lipinski definition) is 2. The minimum atomic E-state index is -0.273. The van der Waals surface area contributed by atoms with Crippen molar-refractivity contribution in [2.45, 2.75) is 25.6 Å². The van der Waals surface area contributed by atoms with Gasteiger partial charge in [-0.25, -0.2) is 0 Å². The minimum Gasteiger partial charge on any atom is -0.493 e. The molecule has 41 heavy (non-hydrogen) atoms. The average molecular weight is 559 g/mol. The third kappa shape index (κ3) is 6.99. The third-order valence-electron chi connectivity index (χ3n) is 7.53. The first-order chi connectivity index (χ1) is 19.8. The van der Waals surface area contributed by atoms with Crippen LogP contribution in [0, 0.1) is 6.92 Å². The van der Waals surface area contributed by atoms with Crippen molar-refractivity contribution in [1.82, 2.24) is 20.4 Å². The number of amides is 2. The van der Waals surface area contributed by atoms with Crippen LogP contribution in [0.3, 0.4) is 0 Å². The molecule has 2 amide bonds. The SMILES string of the molecule is COc1cc2ccc1O[C@H]1CN(CCN(C)C)C[C@@H]1NC(=O)c1ccc(C)c(c1)-c1cccc(c1)OCC(=O)NC2. The standard InChI is InChI=1S/C32H38N4O5/c1-21-8-10-24-16-26(21)23-6-5-7-25(15-23)40-20-31(37)33-17-22-9-11-28(29(14-22)39-4)41-30-19-36(13-12-35(2)3)18-27(30)34-32(24)38/h5-11,14-16,27,30H,12-13,17-20H2,1-4H3,(H,33,37)(H,34,38)/t27-,30-/m0/s1. The van der Waals surface area contributed by atoms with E-state index in [1.165, 1.54) is 0 Å². The van der Waals surface area contributed by atoms with Gasteiger partial charge >= 0.3 is 0 Å². The number of carbonyl (C=O) groups excluding carboxylic acids is 2. The third-order valence-corrected chi connectivity index (χ3v) is 7.53. The maximum Gasteiger partial charge on any atom is 0.258 e. The summed E-state index contributed by atoms with van der Waals surface area (Å²) >= 11 is 0. The number of ether oxygens (including phenoxy) is 3. The Kier molecular flexibility index (Phi) is 8.75. The number of likely N-dealkylation sites (tertiary alicyclic amines) is 1. The zero-order valence-corrected chi connectivity index (χ0v) is 24.1. The Bertz CT molecular complexity index is 1410. The smallest absolute Gasteiger partial charge is 0.258 e. The van der Waals surface area contributed by atoms with Gasteiger partial charge in [-0.2, -0.15) is 0 Å². The van der Waals surface area contributed by atoms with Crippen LogP contribution < -0.4 is 24.8 Å². The number of fused-ring (bicyclic) bond motifs is 7. The number of nitrogens with one attached hydrogen (secondary N) is 2. The molecule has 3 heterocycles. The Labute approximate surface area is 241 Å². The van der Waals surface area contributed by atoms with Crippen LogP contribution in [-0.2, 0) is 11.3 Å². The number of rotatable bonds is 4. The van der Waals surface area contributed by atoms with E-state index < -0.39 is 0 Å². The average Bonchev–Trinajstić information content (AvgIpc) is 3.34. The van der Waals surface area contributed by atoms with E-state index in [-0.39, 0.29) is 30.6 Å². The molecule has 3 aliphatic heterocycles. The summed E-state index contributed by atoms with van der Waals surface area (Å²) in [7, 11) is 5.70. The lowest BCUT2D eigenvalue weighted by Crippen LogP contribution is -2.45. The van der Waals surface area contributed by atoms with Crippen LogP contribution in [-0.4, -0.2) is 87.8 Å². The van der Waals surface area contributed by atoms with Gasteiger partial charge in [0.25, 0.3) is 11.8 Å². The highest BCUT2D eigenvalue weighted by molar-refractivity contribution is 5.96. The predicted octanol–water partition coefficient (Wildman–Crippen LogP) is 3.10. The molecule has 0 spiro atoms. The fourth-order valence-corrected chi connectivity index (χ4v) is 5.20. The summed E-state index contributed by atoms with van der Waals surface area (Å²) in [5.41, 5.74) is 4.31. The van der Waals surface area contributed by atoms with Crippen LogP contribution in [0.25, 0.3) is 11.1 Å². The number of benzene rings is 3. The lowest BCUT2D eigenvalue weighted by atomic mass is 9.97. The lowest BCUT2D eigenvalue weighted by Gasteiger charge is -2.23. The van der Waals surface area contributed by atoms with E-state index in [1.807, 2.05) is 67.6 Å². The molecule has 6 rings (SSSR count). The highest BCUT2D eigenvalue weighted by Crippen LogP contribution is 2.31. The van der Waals surface area contributed by atoms with Gasteiger partial charge in [-0.3, -0.25) is 14.5 Å². The summed E-state index contributed by atoms with van der Waals surface area (Å²) in [4.78, 5) is 30.6. The maximum absolute atomic E-state index is 13.6. The Hall–Kier alpha value is -4.08. The minimum absolute atomic E-state index is 0.114. The van der Waals surface area contributed by atoms with E-state index in [4.69, 9.17) is 14.2 Å². The first-order valence-corrected chi connectivity index (χ1v) is 13.9. The van der Waals surface area contributed by atoms with Crippen molar-refractivity contribution in [1.29, 1.82) is 0 Å². The van der Waals surface area contributed by atoms with Gasteiger partial charge in [0.2, 0.25) is 0 Å². The molecule has 0 aromatic heterocycles. The van der Waals surface area contributed by atoms with E-state index in [9.17, 15) is 9.59 Å². The van der Waals surface area contributed by atoms with Crippen molar-refractivity contribution in [2.24, 2.45) is 0 Å². The molecule has 1 fully saturated rings. The van der Waals surface area contributed by atoms with E-state index in [2.05, 4.69) is 34.5 Å². The number of carbonyl (C=O) groups is 2. The summed E-state index contributed by atoms with van der Waals surface area (Å²) in [5, 5.41) is 6.16. The number of methoxy groups -OCH3 is 1. The van der Waals surface area contributed by atoms with Crippen LogP contribution in [0.2, 0.25) is 0 Å². The highest BCUT2D eigenvalue weighted by atomic mass is 16.5. The van der Waals surface area contributed by atoms with E-state index >= 15 is 0 Å². The quantitative estimate of drug-likeness (QED) is 0.509. The largest absolute Gasteiger partial charge is 0.493 e. The molecule has 0 aliphatic carbocycles. The van der Waals surface area contributed by atoms with E-state index in [0.29, 0.717) is 42.4 Å². The molecule has 0 saturated carbocycles. The highest BCUT2D eigenvalue weighted by Gasteiger charge is 2.36. The van der Waals surface area contributed by atoms with E-state index in [1.54, 1.807) is 7.11 Å². The molecule has 3 aromatic rings. The second-order valence-corrected chi connectivity index (χ2v) is 10.9. The Morgan fingerprint density at radius 2 is 1.88 bits per heavy atom. The molecule has 1 saturated heterocycles. The van der Waals surface area contributed by atoms with E-state index in [0.717, 1.165) is 35.3 Å². The van der Waals surface area contributed by atoms with Gasteiger partial charge in [0.1, 0.15) is 11.9 Å². The summed E-state index contributed by atoms with van der Waals surface area (Å²) in [6.45, 7) is 5.34. The molecule has 9 nitrogen and oxygen atoms in total. The molecule has 2 atom stereocenters. The van der Waals surface area contributed by atoms with Crippen molar-refractivity contribution in [3.05, 3.63) is 77.4 Å². The fraction of sp³-hybridized carbons (Fsp3) is 0.375. The number of aryl methyl sites for hydroxylation is 1. The summed E-state index contributed by atoms with van der Waals surface area (Å²) < 4.78 is 17.9. The summed E-state index contributed by atoms with van der Waals surface area (Å²) in [6, 6.07) is 18.7. The Morgan fingerprint density at radius 3 is 2.68 bits per heavy atom. The molecule has 9 heteroatoms. The van der Waals surface area contributed by atoms with Crippen LogP contribution >= 0.6 is 0 Å². The molecular formula is C32H38N4O5. The van der Waals surface area contributed by atoms with Gasteiger partial charge in [0.05, 0.1) is 13.2 Å². The summed E-state index contributed by atoms with van der Waals surface area (Å²) in [5.74, 6) is 1.36. The maximum atomic E-state index is 13.6. The number of likely N-dealkylation sites (N-methyl/N-ethyl adjacent to an activating group) is 1. The number of nitrogens with zero attached hydrogens (tertiary/aromatic N) is 2. The van der Waals surface area contributed by atoms with Crippen molar-refractivity contribution in [3.63, 3.8) is 0 Å². The summed E-state index contributed by atoms with van der Waals surface area (Å²) in [6.07, 6.45) is -0.273. The topological polar surface area (TPSA) is 92.4 Å². The van der Waals surface area contributed by atoms with Gasteiger partial charge in [-0.15, -0.1) is 0 Å². The van der Waals surface area contributed by atoms with Crippen molar-refractivity contribution in [2.75, 3.05) is 54.0 Å². The van der Waals surface area contributed by atoms with Gasteiger partial charge in [0.15, 0.2) is 18.1 Å². The Morgan fingerprint density at radius 1 is 1.02 bits per heavy atom.